The second-order valence-electron chi connectivity index (χ2n) is 8.67. The highest BCUT2D eigenvalue weighted by Crippen LogP contribution is 2.30. The number of amides is 2. The van der Waals surface area contributed by atoms with E-state index in [0.717, 1.165) is 10.5 Å². The van der Waals surface area contributed by atoms with Crippen LogP contribution in [0.25, 0.3) is 10.9 Å². The van der Waals surface area contributed by atoms with E-state index in [0.29, 0.717) is 24.6 Å². The van der Waals surface area contributed by atoms with E-state index in [2.05, 4.69) is 4.98 Å². The molecule has 2 amide bonds. The molecule has 1 aliphatic rings. The lowest BCUT2D eigenvalue weighted by Crippen LogP contribution is -2.48. The number of benzene rings is 1. The summed E-state index contributed by atoms with van der Waals surface area (Å²) in [6.45, 7) is 0.533. The zero-order chi connectivity index (χ0) is 24.6. The van der Waals surface area contributed by atoms with Gasteiger partial charge in [-0.1, -0.05) is 23.7 Å². The number of hydrogen-bond donors (Lipinski definition) is 1. The fourth-order valence-electron chi connectivity index (χ4n) is 4.00. The van der Waals surface area contributed by atoms with E-state index in [1.807, 2.05) is 0 Å². The predicted octanol–water partition coefficient (Wildman–Crippen LogP) is 3.10. The number of furan rings is 1. The minimum Gasteiger partial charge on any atom is -0.458 e. The van der Waals surface area contributed by atoms with Crippen molar-refractivity contribution in [3.63, 3.8) is 0 Å². The number of carbonyl (C=O) groups is 3. The second kappa shape index (κ2) is 9.15. The van der Waals surface area contributed by atoms with Crippen LogP contribution >= 0.6 is 11.6 Å². The summed E-state index contributed by atoms with van der Waals surface area (Å²) < 4.78 is 18.4. The number of pyridine rings is 1. The molecule has 1 fully saturated rings. The molecule has 0 saturated carbocycles. The first-order chi connectivity index (χ1) is 16.1. The molecule has 4 rings (SSSR count). The van der Waals surface area contributed by atoms with Gasteiger partial charge in [-0.2, -0.15) is 0 Å². The van der Waals surface area contributed by atoms with Crippen molar-refractivity contribution in [2.24, 2.45) is 0 Å². The topological polar surface area (TPSA) is 104 Å². The predicted molar refractivity (Wildman–Crippen MR) is 122 cm³/mol. The smallest absolute Gasteiger partial charge is 0.297 e. The highest BCUT2D eigenvalue weighted by molar-refractivity contribution is 6.44. The average Bonchev–Trinajstić information content (AvgIpc) is 3.21. The van der Waals surface area contributed by atoms with E-state index < -0.39 is 23.2 Å². The number of halogens is 2. The Bertz CT molecular complexity index is 1260. The first kappa shape index (κ1) is 23.8. The molecule has 3 aromatic rings. The van der Waals surface area contributed by atoms with Gasteiger partial charge in [-0.15, -0.1) is 0 Å². The van der Waals surface area contributed by atoms with Crippen LogP contribution in [0, 0.1) is 5.82 Å². The van der Waals surface area contributed by atoms with Gasteiger partial charge in [0.15, 0.2) is 0 Å². The number of rotatable bonds is 5. The maximum Gasteiger partial charge on any atom is 0.297 e. The van der Waals surface area contributed by atoms with Gasteiger partial charge in [0.25, 0.3) is 17.6 Å². The molecule has 178 valence electrons. The monoisotopic (exact) mass is 487 g/mol. The van der Waals surface area contributed by atoms with Gasteiger partial charge in [-0.05, 0) is 36.6 Å². The van der Waals surface area contributed by atoms with Crippen LogP contribution in [0.3, 0.4) is 0 Å². The number of nitrogens with zero attached hydrogens (tertiary/aromatic N) is 3. The van der Waals surface area contributed by atoms with Gasteiger partial charge in [0, 0.05) is 39.0 Å². The third-order valence-corrected chi connectivity index (χ3v) is 6.25. The molecule has 0 aliphatic carbocycles. The van der Waals surface area contributed by atoms with Crippen molar-refractivity contribution >= 4 is 40.1 Å². The van der Waals surface area contributed by atoms with Crippen LogP contribution in [-0.2, 0) is 11.2 Å². The molecule has 3 heterocycles. The zero-order valence-corrected chi connectivity index (χ0v) is 19.4. The Balaban J connectivity index is 1.52. The van der Waals surface area contributed by atoms with Crippen LogP contribution in [0.15, 0.2) is 41.0 Å². The molecule has 0 atom stereocenters. The fourth-order valence-corrected chi connectivity index (χ4v) is 4.24. The van der Waals surface area contributed by atoms with Gasteiger partial charge >= 0.3 is 0 Å². The number of likely N-dealkylation sites (N-methyl/N-ethyl adjacent to an activating group) is 1. The molecule has 0 unspecified atom stereocenters. The lowest BCUT2D eigenvalue weighted by molar-refractivity contribution is -0.124. The van der Waals surface area contributed by atoms with Gasteiger partial charge in [0.1, 0.15) is 23.3 Å². The van der Waals surface area contributed by atoms with Crippen LogP contribution in [0.1, 0.15) is 39.4 Å². The second-order valence-corrected chi connectivity index (χ2v) is 9.08. The van der Waals surface area contributed by atoms with E-state index in [1.54, 1.807) is 12.1 Å². The Labute approximate surface area is 199 Å². The third-order valence-electron chi connectivity index (χ3n) is 5.96. The molecule has 0 bridgehead atoms. The van der Waals surface area contributed by atoms with Crippen LogP contribution in [0.2, 0.25) is 5.02 Å². The number of ketones is 1. The van der Waals surface area contributed by atoms with Gasteiger partial charge in [-0.3, -0.25) is 14.4 Å². The minimum absolute atomic E-state index is 0.0640. The molecule has 0 radical (unpaired) electrons. The summed E-state index contributed by atoms with van der Waals surface area (Å²) >= 11 is 6.30. The number of carbonyl (C=O) groups excluding carboxylic acids is 3. The average molecular weight is 488 g/mol. The summed E-state index contributed by atoms with van der Waals surface area (Å²) in [6, 6.07) is 7.43. The molecule has 8 nitrogen and oxygen atoms in total. The Morgan fingerprint density at radius 2 is 1.85 bits per heavy atom. The molecule has 2 aromatic heterocycles. The van der Waals surface area contributed by atoms with E-state index in [9.17, 15) is 23.9 Å². The summed E-state index contributed by atoms with van der Waals surface area (Å²) in [4.78, 5) is 44.7. The Kier molecular flexibility index (Phi) is 6.42. The van der Waals surface area contributed by atoms with Crippen molar-refractivity contribution in [1.82, 2.24) is 14.8 Å². The van der Waals surface area contributed by atoms with Gasteiger partial charge < -0.3 is 19.3 Å². The summed E-state index contributed by atoms with van der Waals surface area (Å²) in [5.41, 5.74) is -0.195. The number of Topliss-reactive ketones (excluding diaryl/α,β-unsaturated/α-hetero) is 1. The van der Waals surface area contributed by atoms with Crippen molar-refractivity contribution in [2.75, 3.05) is 27.2 Å². The fraction of sp³-hybridized carbons (Fsp3) is 0.333. The molecule has 1 saturated heterocycles. The zero-order valence-electron chi connectivity index (χ0n) is 18.7. The molecular formula is C24H23ClFN3O5. The molecule has 10 heteroatoms. The van der Waals surface area contributed by atoms with Crippen LogP contribution < -0.4 is 0 Å². The van der Waals surface area contributed by atoms with E-state index in [-0.39, 0.29) is 40.9 Å². The molecule has 1 aliphatic heterocycles. The molecular weight excluding hydrogens is 465 g/mol. The quantitative estimate of drug-likeness (QED) is 0.438. The standard InChI is InChI=1S/C24H23ClFN3O5/c1-28(2)23(32)20(30)21-18-15(13-34-21)11-17(25)19(27-18)22(31)29-9-7-24(33,8-10-29)12-14-3-5-16(26)6-4-14/h3-6,11,13,33H,7-10,12H2,1-2H3. The summed E-state index contributed by atoms with van der Waals surface area (Å²) in [5, 5.41) is 11.4. The Morgan fingerprint density at radius 1 is 1.21 bits per heavy atom. The van der Waals surface area contributed by atoms with E-state index >= 15 is 0 Å². The van der Waals surface area contributed by atoms with Crippen molar-refractivity contribution < 1.29 is 28.3 Å². The largest absolute Gasteiger partial charge is 0.458 e. The summed E-state index contributed by atoms with van der Waals surface area (Å²) in [7, 11) is 2.89. The number of fused-ring (bicyclic) bond motifs is 1. The molecule has 0 spiro atoms. The molecule has 1 N–H and O–H groups in total. The number of hydrogen-bond acceptors (Lipinski definition) is 6. The van der Waals surface area contributed by atoms with Crippen molar-refractivity contribution in [3.8, 4) is 0 Å². The van der Waals surface area contributed by atoms with Crippen LogP contribution in [0.5, 0.6) is 0 Å². The molecule has 34 heavy (non-hydrogen) atoms. The van der Waals surface area contributed by atoms with E-state index in [4.69, 9.17) is 16.0 Å². The summed E-state index contributed by atoms with van der Waals surface area (Å²) in [5.74, 6) is -2.71. The lowest BCUT2D eigenvalue weighted by Gasteiger charge is -2.38. The van der Waals surface area contributed by atoms with Gasteiger partial charge in [0.2, 0.25) is 5.76 Å². The summed E-state index contributed by atoms with van der Waals surface area (Å²) in [6.07, 6.45) is 2.25. The first-order valence-electron chi connectivity index (χ1n) is 10.7. The van der Waals surface area contributed by atoms with Crippen molar-refractivity contribution in [2.45, 2.75) is 24.9 Å². The SMILES string of the molecule is CN(C)C(=O)C(=O)c1occ2cc(Cl)c(C(=O)N3CCC(O)(Cc4ccc(F)cc4)CC3)nc12. The number of aromatic nitrogens is 1. The van der Waals surface area contributed by atoms with E-state index in [1.165, 1.54) is 43.5 Å². The number of piperidine rings is 1. The maximum atomic E-state index is 13.2. The third kappa shape index (κ3) is 4.67. The minimum atomic E-state index is -1.02. The van der Waals surface area contributed by atoms with Crippen LogP contribution in [-0.4, -0.2) is 70.3 Å². The molecule has 1 aromatic carbocycles. The highest BCUT2D eigenvalue weighted by Gasteiger charge is 2.35. The first-order valence-corrected chi connectivity index (χ1v) is 11.1. The highest BCUT2D eigenvalue weighted by atomic mass is 35.5. The van der Waals surface area contributed by atoms with Crippen molar-refractivity contribution in [1.29, 1.82) is 0 Å². The van der Waals surface area contributed by atoms with Gasteiger partial charge in [-0.25, -0.2) is 9.37 Å². The van der Waals surface area contributed by atoms with Crippen molar-refractivity contribution in [3.05, 3.63) is 64.5 Å². The van der Waals surface area contributed by atoms with Gasteiger partial charge in [0.05, 0.1) is 10.6 Å². The number of aliphatic hydroxyl groups is 1. The Morgan fingerprint density at radius 3 is 2.47 bits per heavy atom. The number of likely N-dealkylation sites (tertiary alicyclic amines) is 1. The lowest BCUT2D eigenvalue weighted by atomic mass is 9.85. The normalized spacial score (nSPS) is 15.4. The van der Waals surface area contributed by atoms with Crippen LogP contribution in [0.4, 0.5) is 4.39 Å². The Hall–Kier alpha value is -3.30. The maximum absolute atomic E-state index is 13.2.